The Morgan fingerprint density at radius 1 is 1.19 bits per heavy atom. The van der Waals surface area contributed by atoms with E-state index in [1.54, 1.807) is 13.1 Å². The van der Waals surface area contributed by atoms with Gasteiger partial charge in [0.2, 0.25) is 5.91 Å². The molecule has 0 aliphatic carbocycles. The first kappa shape index (κ1) is 16.4. The number of amides is 1. The molecule has 26 heavy (non-hydrogen) atoms. The summed E-state index contributed by atoms with van der Waals surface area (Å²) < 4.78 is 1.88. The van der Waals surface area contributed by atoms with Gasteiger partial charge in [-0.05, 0) is 37.6 Å². The van der Waals surface area contributed by atoms with Gasteiger partial charge in [0.15, 0.2) is 0 Å². The number of fused-ring (bicyclic) bond motifs is 3. The first-order valence-electron chi connectivity index (χ1n) is 8.17. The molecule has 130 valence electrons. The Balaban J connectivity index is 1.73. The normalized spacial score (nSPS) is 12.4. The van der Waals surface area contributed by atoms with E-state index in [0.717, 1.165) is 21.5 Å². The van der Waals surface area contributed by atoms with E-state index in [0.29, 0.717) is 10.2 Å². The lowest BCUT2D eigenvalue weighted by Crippen LogP contribution is -2.31. The highest BCUT2D eigenvalue weighted by molar-refractivity contribution is 7.25. The standard InChI is InChI=1S/C19H16N4O2S/c1-11-6-3-4-8-14(11)22-17(24)12(2)23-10-21-15-13-7-5-9-20-18(13)26-16(15)19(23)25/h3-10,12H,1-2H3,(H,22,24)/t12-/m0/s1. The Kier molecular flexibility index (Phi) is 4.00. The molecule has 0 aliphatic rings. The molecule has 0 unspecified atom stereocenters. The number of pyridine rings is 1. The molecule has 0 fully saturated rings. The van der Waals surface area contributed by atoms with Crippen LogP contribution in [0.5, 0.6) is 0 Å². The van der Waals surface area contributed by atoms with Crippen LogP contribution in [0, 0.1) is 6.92 Å². The van der Waals surface area contributed by atoms with Crippen molar-refractivity contribution < 1.29 is 4.79 Å². The predicted octanol–water partition coefficient (Wildman–Crippen LogP) is 3.51. The number of nitrogens with one attached hydrogen (secondary N) is 1. The van der Waals surface area contributed by atoms with Crippen molar-refractivity contribution >= 4 is 43.4 Å². The van der Waals surface area contributed by atoms with Gasteiger partial charge in [0.05, 0.1) is 11.8 Å². The molecule has 3 heterocycles. The number of aromatic nitrogens is 3. The third-order valence-corrected chi connectivity index (χ3v) is 5.47. The molecule has 4 rings (SSSR count). The van der Waals surface area contributed by atoms with Crippen molar-refractivity contribution in [3.05, 3.63) is 64.8 Å². The number of anilines is 1. The van der Waals surface area contributed by atoms with Crippen LogP contribution in [-0.4, -0.2) is 20.4 Å². The van der Waals surface area contributed by atoms with Gasteiger partial charge in [0, 0.05) is 17.3 Å². The van der Waals surface area contributed by atoms with Crippen LogP contribution in [0.3, 0.4) is 0 Å². The maximum absolute atomic E-state index is 12.9. The zero-order valence-corrected chi connectivity index (χ0v) is 15.1. The van der Waals surface area contributed by atoms with Gasteiger partial charge in [0.25, 0.3) is 5.56 Å². The molecule has 3 aromatic heterocycles. The lowest BCUT2D eigenvalue weighted by Gasteiger charge is -2.15. The third kappa shape index (κ3) is 2.66. The minimum atomic E-state index is -0.683. The van der Waals surface area contributed by atoms with Gasteiger partial charge in [0.1, 0.15) is 15.6 Å². The van der Waals surface area contributed by atoms with Gasteiger partial charge >= 0.3 is 0 Å². The number of benzene rings is 1. The van der Waals surface area contributed by atoms with Crippen LogP contribution >= 0.6 is 11.3 Å². The Hall–Kier alpha value is -3.06. The largest absolute Gasteiger partial charge is 0.324 e. The Morgan fingerprint density at radius 3 is 2.81 bits per heavy atom. The van der Waals surface area contributed by atoms with Crippen molar-refractivity contribution in [3.8, 4) is 0 Å². The zero-order valence-electron chi connectivity index (χ0n) is 14.3. The molecule has 1 aromatic carbocycles. The quantitative estimate of drug-likeness (QED) is 0.603. The van der Waals surface area contributed by atoms with Gasteiger partial charge in [-0.2, -0.15) is 0 Å². The molecule has 6 nitrogen and oxygen atoms in total. The van der Waals surface area contributed by atoms with Crippen molar-refractivity contribution in [1.82, 2.24) is 14.5 Å². The summed E-state index contributed by atoms with van der Waals surface area (Å²) in [6.45, 7) is 3.61. The minimum absolute atomic E-state index is 0.231. The zero-order chi connectivity index (χ0) is 18.3. The van der Waals surface area contributed by atoms with E-state index >= 15 is 0 Å². The summed E-state index contributed by atoms with van der Waals surface area (Å²) in [5.41, 5.74) is 2.10. The average Bonchev–Trinajstić information content (AvgIpc) is 3.03. The maximum atomic E-state index is 12.9. The summed E-state index contributed by atoms with van der Waals surface area (Å²) in [6.07, 6.45) is 3.13. The van der Waals surface area contributed by atoms with Crippen LogP contribution in [0.2, 0.25) is 0 Å². The summed E-state index contributed by atoms with van der Waals surface area (Å²) in [7, 11) is 0. The Labute approximate surface area is 153 Å². The Bertz CT molecular complexity index is 1200. The van der Waals surface area contributed by atoms with E-state index in [2.05, 4.69) is 15.3 Å². The van der Waals surface area contributed by atoms with Crippen LogP contribution in [0.4, 0.5) is 5.69 Å². The van der Waals surface area contributed by atoms with E-state index in [1.165, 1.54) is 22.2 Å². The molecular formula is C19H16N4O2S. The highest BCUT2D eigenvalue weighted by Gasteiger charge is 2.20. The fourth-order valence-electron chi connectivity index (χ4n) is 2.83. The molecule has 1 atom stereocenters. The first-order valence-corrected chi connectivity index (χ1v) is 8.99. The lowest BCUT2D eigenvalue weighted by atomic mass is 10.2. The van der Waals surface area contributed by atoms with E-state index in [4.69, 9.17) is 0 Å². The molecule has 4 aromatic rings. The number of rotatable bonds is 3. The second kappa shape index (κ2) is 6.34. The second-order valence-electron chi connectivity index (χ2n) is 6.07. The third-order valence-electron chi connectivity index (χ3n) is 4.38. The number of aryl methyl sites for hydroxylation is 1. The van der Waals surface area contributed by atoms with Gasteiger partial charge in [-0.1, -0.05) is 18.2 Å². The molecule has 0 radical (unpaired) electrons. The highest BCUT2D eigenvalue weighted by Crippen LogP contribution is 2.28. The predicted molar refractivity (Wildman–Crippen MR) is 104 cm³/mol. The summed E-state index contributed by atoms with van der Waals surface area (Å²) in [5.74, 6) is -0.262. The Morgan fingerprint density at radius 2 is 2.00 bits per heavy atom. The van der Waals surface area contributed by atoms with Gasteiger partial charge in [-0.3, -0.25) is 14.2 Å². The monoisotopic (exact) mass is 364 g/mol. The van der Waals surface area contributed by atoms with Crippen molar-refractivity contribution in [3.63, 3.8) is 0 Å². The van der Waals surface area contributed by atoms with Crippen LogP contribution < -0.4 is 10.9 Å². The fraction of sp³-hybridized carbons (Fsp3) is 0.158. The highest BCUT2D eigenvalue weighted by atomic mass is 32.1. The number of para-hydroxylation sites is 1. The molecule has 0 saturated carbocycles. The number of hydrogen-bond donors (Lipinski definition) is 1. The SMILES string of the molecule is Cc1ccccc1NC(=O)[C@H](C)n1cnc2c(sc3ncccc32)c1=O. The number of nitrogens with zero attached hydrogens (tertiary/aromatic N) is 3. The molecule has 0 saturated heterocycles. The van der Waals surface area contributed by atoms with E-state index in [9.17, 15) is 9.59 Å². The van der Waals surface area contributed by atoms with Crippen molar-refractivity contribution in [2.24, 2.45) is 0 Å². The van der Waals surface area contributed by atoms with E-state index in [-0.39, 0.29) is 11.5 Å². The van der Waals surface area contributed by atoms with Crippen LogP contribution in [0.1, 0.15) is 18.5 Å². The van der Waals surface area contributed by atoms with Gasteiger partial charge in [-0.15, -0.1) is 11.3 Å². The second-order valence-corrected chi connectivity index (χ2v) is 7.07. The maximum Gasteiger partial charge on any atom is 0.272 e. The lowest BCUT2D eigenvalue weighted by molar-refractivity contribution is -0.118. The number of thiophene rings is 1. The van der Waals surface area contributed by atoms with Crippen molar-refractivity contribution in [2.75, 3.05) is 5.32 Å². The van der Waals surface area contributed by atoms with E-state index < -0.39 is 6.04 Å². The summed E-state index contributed by atoms with van der Waals surface area (Å²) in [5, 5.41) is 3.73. The topological polar surface area (TPSA) is 76.9 Å². The summed E-state index contributed by atoms with van der Waals surface area (Å²) in [6, 6.07) is 10.6. The molecule has 0 bridgehead atoms. The fourth-order valence-corrected chi connectivity index (χ4v) is 3.87. The average molecular weight is 364 g/mol. The summed E-state index contributed by atoms with van der Waals surface area (Å²) in [4.78, 5) is 35.0. The number of hydrogen-bond acceptors (Lipinski definition) is 5. The summed E-state index contributed by atoms with van der Waals surface area (Å²) >= 11 is 1.30. The van der Waals surface area contributed by atoms with Crippen LogP contribution in [-0.2, 0) is 4.79 Å². The number of carbonyl (C=O) groups excluding carboxylic acids is 1. The van der Waals surface area contributed by atoms with Gasteiger partial charge in [-0.25, -0.2) is 9.97 Å². The number of carbonyl (C=O) groups is 1. The van der Waals surface area contributed by atoms with Crippen molar-refractivity contribution in [1.29, 1.82) is 0 Å². The first-order chi connectivity index (χ1) is 12.6. The smallest absolute Gasteiger partial charge is 0.272 e. The molecule has 1 N–H and O–H groups in total. The van der Waals surface area contributed by atoms with Crippen molar-refractivity contribution in [2.45, 2.75) is 19.9 Å². The molecule has 0 spiro atoms. The molecule has 7 heteroatoms. The minimum Gasteiger partial charge on any atom is -0.324 e. The van der Waals surface area contributed by atoms with Crippen LogP contribution in [0.25, 0.3) is 20.4 Å². The van der Waals surface area contributed by atoms with Crippen LogP contribution in [0.15, 0.2) is 53.7 Å². The molecular weight excluding hydrogens is 348 g/mol. The molecule has 1 amide bonds. The molecule has 0 aliphatic heterocycles. The van der Waals surface area contributed by atoms with E-state index in [1.807, 2.05) is 43.3 Å². The van der Waals surface area contributed by atoms with Gasteiger partial charge < -0.3 is 5.32 Å².